The Hall–Kier alpha value is -1.42. The number of hydrogen-bond donors (Lipinski definition) is 0. The van der Waals surface area contributed by atoms with Gasteiger partial charge in [-0.1, -0.05) is 23.2 Å². The summed E-state index contributed by atoms with van der Waals surface area (Å²) >= 11 is 12.0. The molecule has 0 radical (unpaired) electrons. The number of hydrogen-bond acceptors (Lipinski definition) is 3. The maximum atomic E-state index is 6.06. The van der Waals surface area contributed by atoms with E-state index in [0.717, 1.165) is 37.5 Å². The van der Waals surface area contributed by atoms with Gasteiger partial charge in [0.05, 0.1) is 10.0 Å². The second-order valence-electron chi connectivity index (χ2n) is 6.74. The van der Waals surface area contributed by atoms with Gasteiger partial charge in [0.15, 0.2) is 0 Å². The Balaban J connectivity index is 1.70. The van der Waals surface area contributed by atoms with E-state index >= 15 is 0 Å². The van der Waals surface area contributed by atoms with Crippen molar-refractivity contribution in [1.82, 2.24) is 4.90 Å². The zero-order valence-electron chi connectivity index (χ0n) is 14.9. The van der Waals surface area contributed by atoms with Gasteiger partial charge in [-0.15, -0.1) is 0 Å². The second-order valence-corrected chi connectivity index (χ2v) is 7.56. The van der Waals surface area contributed by atoms with E-state index in [1.165, 1.54) is 5.69 Å². The summed E-state index contributed by atoms with van der Waals surface area (Å²) in [6, 6.07) is 12.3. The minimum absolute atomic E-state index is 0.497. The lowest BCUT2D eigenvalue weighted by molar-refractivity contribution is 0.209. The van der Waals surface area contributed by atoms with E-state index in [2.05, 4.69) is 42.7 Å². The van der Waals surface area contributed by atoms with Crippen LogP contribution in [0, 0.1) is 6.92 Å². The Morgan fingerprint density at radius 2 is 1.64 bits per heavy atom. The van der Waals surface area contributed by atoms with Crippen molar-refractivity contribution in [2.24, 2.45) is 0 Å². The highest BCUT2D eigenvalue weighted by atomic mass is 35.5. The molecule has 1 aliphatic rings. The van der Waals surface area contributed by atoms with Gasteiger partial charge in [0, 0.05) is 44.0 Å². The van der Waals surface area contributed by atoms with Crippen LogP contribution < -0.4 is 9.64 Å². The van der Waals surface area contributed by atoms with E-state index in [1.807, 2.05) is 12.1 Å². The first-order valence-corrected chi connectivity index (χ1v) is 9.42. The number of rotatable bonds is 4. The van der Waals surface area contributed by atoms with Crippen LogP contribution in [0.25, 0.3) is 0 Å². The first kappa shape index (κ1) is 18.4. The van der Waals surface area contributed by atoms with Gasteiger partial charge in [-0.25, -0.2) is 0 Å². The van der Waals surface area contributed by atoms with Crippen LogP contribution in [-0.2, 0) is 0 Å². The van der Waals surface area contributed by atoms with E-state index in [0.29, 0.717) is 21.8 Å². The average Bonchev–Trinajstić information content (AvgIpc) is 2.60. The molecule has 0 amide bonds. The van der Waals surface area contributed by atoms with Crippen molar-refractivity contribution in [2.45, 2.75) is 26.8 Å². The summed E-state index contributed by atoms with van der Waals surface area (Å²) in [6.07, 6.45) is 0. The van der Waals surface area contributed by atoms with Crippen LogP contribution in [0.5, 0.6) is 11.5 Å². The third-order valence-electron chi connectivity index (χ3n) is 4.69. The Morgan fingerprint density at radius 1 is 0.920 bits per heavy atom. The minimum atomic E-state index is 0.497. The number of ether oxygens (including phenoxy) is 1. The quantitative estimate of drug-likeness (QED) is 0.685. The molecule has 0 N–H and O–H groups in total. The first-order chi connectivity index (χ1) is 11.9. The number of halogens is 2. The summed E-state index contributed by atoms with van der Waals surface area (Å²) in [6.45, 7) is 10.9. The van der Waals surface area contributed by atoms with E-state index in [4.69, 9.17) is 27.9 Å². The fraction of sp³-hybridized carbons (Fsp3) is 0.400. The molecule has 0 bridgehead atoms. The normalized spacial score (nSPS) is 15.7. The van der Waals surface area contributed by atoms with Gasteiger partial charge in [-0.05, 0) is 56.7 Å². The van der Waals surface area contributed by atoms with Crippen LogP contribution in [0.1, 0.15) is 19.4 Å². The summed E-state index contributed by atoms with van der Waals surface area (Å²) in [5.74, 6) is 1.53. The third-order valence-corrected chi connectivity index (χ3v) is 5.43. The zero-order chi connectivity index (χ0) is 18.0. The molecule has 3 nitrogen and oxygen atoms in total. The number of piperazine rings is 1. The molecule has 0 spiro atoms. The fourth-order valence-electron chi connectivity index (χ4n) is 3.11. The average molecular weight is 379 g/mol. The Labute approximate surface area is 160 Å². The molecule has 0 saturated carbocycles. The molecule has 134 valence electrons. The number of aryl methyl sites for hydroxylation is 1. The van der Waals surface area contributed by atoms with Crippen molar-refractivity contribution in [3.63, 3.8) is 0 Å². The predicted octanol–water partition coefficient (Wildman–Crippen LogP) is 5.62. The number of anilines is 1. The Bertz CT molecular complexity index is 740. The van der Waals surface area contributed by atoms with Crippen molar-refractivity contribution in [1.29, 1.82) is 0 Å². The minimum Gasteiger partial charge on any atom is -0.457 e. The lowest BCUT2D eigenvalue weighted by atomic mass is 10.1. The van der Waals surface area contributed by atoms with E-state index in [9.17, 15) is 0 Å². The molecule has 1 heterocycles. The molecule has 1 fully saturated rings. The third kappa shape index (κ3) is 4.41. The summed E-state index contributed by atoms with van der Waals surface area (Å²) < 4.78 is 5.97. The van der Waals surface area contributed by atoms with Crippen molar-refractivity contribution < 1.29 is 4.74 Å². The molecule has 3 rings (SSSR count). The van der Waals surface area contributed by atoms with Gasteiger partial charge in [-0.3, -0.25) is 4.90 Å². The molecule has 2 aromatic carbocycles. The van der Waals surface area contributed by atoms with Crippen LogP contribution in [0.2, 0.25) is 10.0 Å². The van der Waals surface area contributed by atoms with Crippen LogP contribution in [-0.4, -0.2) is 37.1 Å². The summed E-state index contributed by atoms with van der Waals surface area (Å²) in [7, 11) is 0. The monoisotopic (exact) mass is 378 g/mol. The van der Waals surface area contributed by atoms with E-state index < -0.39 is 0 Å². The van der Waals surface area contributed by atoms with Crippen molar-refractivity contribution >= 4 is 28.9 Å². The van der Waals surface area contributed by atoms with Crippen molar-refractivity contribution in [3.05, 3.63) is 52.0 Å². The highest BCUT2D eigenvalue weighted by Gasteiger charge is 2.19. The van der Waals surface area contributed by atoms with Crippen LogP contribution >= 0.6 is 23.2 Å². The Morgan fingerprint density at radius 3 is 2.24 bits per heavy atom. The highest BCUT2D eigenvalue weighted by molar-refractivity contribution is 6.42. The van der Waals surface area contributed by atoms with E-state index in [-0.39, 0.29) is 0 Å². The summed E-state index contributed by atoms with van der Waals surface area (Å²) in [5.41, 5.74) is 2.36. The predicted molar refractivity (Wildman–Crippen MR) is 107 cm³/mol. The molecular formula is C20H24Cl2N2O. The largest absolute Gasteiger partial charge is 0.457 e. The smallest absolute Gasteiger partial charge is 0.130 e. The van der Waals surface area contributed by atoms with Gasteiger partial charge in [-0.2, -0.15) is 0 Å². The summed E-state index contributed by atoms with van der Waals surface area (Å²) in [4.78, 5) is 4.96. The van der Waals surface area contributed by atoms with Crippen LogP contribution in [0.3, 0.4) is 0 Å². The lowest BCUT2D eigenvalue weighted by Gasteiger charge is -2.38. The molecule has 0 aliphatic carbocycles. The fourth-order valence-corrected chi connectivity index (χ4v) is 3.40. The highest BCUT2D eigenvalue weighted by Crippen LogP contribution is 2.32. The SMILES string of the molecule is Cc1cc(N2CCN(C(C)C)CC2)ccc1Oc1ccc(Cl)c(Cl)c1. The molecule has 1 aliphatic heterocycles. The first-order valence-electron chi connectivity index (χ1n) is 8.66. The molecule has 1 saturated heterocycles. The van der Waals surface area contributed by atoms with Gasteiger partial charge < -0.3 is 9.64 Å². The summed E-state index contributed by atoms with van der Waals surface area (Å²) in [5, 5.41) is 1.03. The maximum absolute atomic E-state index is 6.06. The molecule has 0 unspecified atom stereocenters. The molecule has 0 aromatic heterocycles. The zero-order valence-corrected chi connectivity index (χ0v) is 16.4. The molecule has 2 aromatic rings. The Kier molecular flexibility index (Phi) is 5.78. The number of nitrogens with zero attached hydrogens (tertiary/aromatic N) is 2. The van der Waals surface area contributed by atoms with Gasteiger partial charge in [0.2, 0.25) is 0 Å². The molecular weight excluding hydrogens is 355 g/mol. The van der Waals surface area contributed by atoms with Crippen molar-refractivity contribution in [3.8, 4) is 11.5 Å². The molecule has 0 atom stereocenters. The van der Waals surface area contributed by atoms with Crippen LogP contribution in [0.15, 0.2) is 36.4 Å². The van der Waals surface area contributed by atoms with Gasteiger partial charge >= 0.3 is 0 Å². The standard InChI is InChI=1S/C20H24Cl2N2O/c1-14(2)23-8-10-24(11-9-23)16-4-7-20(15(3)12-16)25-17-5-6-18(21)19(22)13-17/h4-7,12-14H,8-11H2,1-3H3. The number of benzene rings is 2. The molecule has 5 heteroatoms. The molecule has 25 heavy (non-hydrogen) atoms. The van der Waals surface area contributed by atoms with Gasteiger partial charge in [0.1, 0.15) is 11.5 Å². The lowest BCUT2D eigenvalue weighted by Crippen LogP contribution is -2.48. The topological polar surface area (TPSA) is 15.7 Å². The van der Waals surface area contributed by atoms with E-state index in [1.54, 1.807) is 12.1 Å². The van der Waals surface area contributed by atoms with Gasteiger partial charge in [0.25, 0.3) is 0 Å². The second kappa shape index (κ2) is 7.86. The maximum Gasteiger partial charge on any atom is 0.130 e. The van der Waals surface area contributed by atoms with Crippen LogP contribution in [0.4, 0.5) is 5.69 Å². The van der Waals surface area contributed by atoms with Crippen molar-refractivity contribution in [2.75, 3.05) is 31.1 Å².